The maximum Gasteiger partial charge on any atom is 0.351 e. The van der Waals surface area contributed by atoms with Crippen LogP contribution in [-0.4, -0.2) is 34.5 Å². The second kappa shape index (κ2) is 10.6. The molecule has 0 unspecified atom stereocenters. The highest BCUT2D eigenvalue weighted by Gasteiger charge is 2.51. The number of nitrogens with two attached hydrogens (primary N) is 1. The van der Waals surface area contributed by atoms with Gasteiger partial charge in [0.1, 0.15) is 24.3 Å². The Balaban J connectivity index is 1.55. The quantitative estimate of drug-likeness (QED) is 0.461. The van der Waals surface area contributed by atoms with Crippen LogP contribution in [0.2, 0.25) is 0 Å². The monoisotopic (exact) mass is 517 g/mol. The number of ether oxygens (including phenoxy) is 3. The van der Waals surface area contributed by atoms with Gasteiger partial charge in [0, 0.05) is 12.6 Å². The van der Waals surface area contributed by atoms with Crippen LogP contribution in [0, 0.1) is 0 Å². The van der Waals surface area contributed by atoms with Crippen LogP contribution in [0.4, 0.5) is 10.2 Å². The predicted molar refractivity (Wildman–Crippen MR) is 125 cm³/mol. The summed E-state index contributed by atoms with van der Waals surface area (Å²) >= 11 is 3.28. The van der Waals surface area contributed by atoms with Crippen molar-refractivity contribution in [1.29, 1.82) is 0 Å². The highest BCUT2D eigenvalue weighted by Crippen LogP contribution is 2.40. The maximum absolute atomic E-state index is 14.6. The molecule has 0 spiro atoms. The Kier molecular flexibility index (Phi) is 7.54. The van der Waals surface area contributed by atoms with Crippen molar-refractivity contribution in [1.82, 2.24) is 9.55 Å². The third-order valence-corrected chi connectivity index (χ3v) is 6.21. The number of nitrogens with zero attached hydrogens (tertiary/aromatic N) is 2. The predicted octanol–water partition coefficient (Wildman–Crippen LogP) is 4.02. The minimum atomic E-state index is -1.37. The van der Waals surface area contributed by atoms with E-state index in [-0.39, 0.29) is 25.5 Å². The van der Waals surface area contributed by atoms with E-state index in [0.29, 0.717) is 11.1 Å². The van der Waals surface area contributed by atoms with Gasteiger partial charge >= 0.3 is 5.69 Å². The van der Waals surface area contributed by atoms with Crippen molar-refractivity contribution in [3.63, 3.8) is 0 Å². The van der Waals surface area contributed by atoms with Gasteiger partial charge in [0.15, 0.2) is 0 Å². The lowest BCUT2D eigenvalue weighted by Crippen LogP contribution is -2.47. The molecule has 2 aromatic carbocycles. The van der Waals surface area contributed by atoms with Crippen LogP contribution in [-0.2, 0) is 27.4 Å². The van der Waals surface area contributed by atoms with Crippen molar-refractivity contribution in [2.45, 2.75) is 37.6 Å². The van der Waals surface area contributed by atoms with Crippen LogP contribution in [0.25, 0.3) is 0 Å². The molecule has 3 aromatic rings. The Labute approximate surface area is 199 Å². The first-order valence-corrected chi connectivity index (χ1v) is 11.4. The number of benzene rings is 2. The number of hydrogen-bond donors (Lipinski definition) is 1. The van der Waals surface area contributed by atoms with Gasteiger partial charge in [-0.25, -0.2) is 9.18 Å². The molecule has 1 aliphatic heterocycles. The maximum atomic E-state index is 14.6. The number of alkyl halides is 1. The first-order chi connectivity index (χ1) is 16.0. The largest absolute Gasteiger partial charge is 0.383 e. The van der Waals surface area contributed by atoms with Gasteiger partial charge in [-0.1, -0.05) is 60.7 Å². The van der Waals surface area contributed by atoms with E-state index in [2.05, 4.69) is 20.9 Å². The lowest BCUT2D eigenvalue weighted by atomic mass is 9.99. The van der Waals surface area contributed by atoms with Gasteiger partial charge in [0.2, 0.25) is 0 Å². The molecule has 1 fully saturated rings. The minimum absolute atomic E-state index is 0.0350. The van der Waals surface area contributed by atoms with Crippen LogP contribution >= 0.6 is 15.9 Å². The smallest absolute Gasteiger partial charge is 0.351 e. The molecule has 0 amide bonds. The van der Waals surface area contributed by atoms with Crippen molar-refractivity contribution < 1.29 is 18.6 Å². The lowest BCUT2D eigenvalue weighted by Gasteiger charge is -2.31. The molecule has 1 aliphatic rings. The molecule has 33 heavy (non-hydrogen) atoms. The highest BCUT2D eigenvalue weighted by atomic mass is 79.9. The van der Waals surface area contributed by atoms with Gasteiger partial charge in [-0.3, -0.25) is 4.57 Å². The summed E-state index contributed by atoms with van der Waals surface area (Å²) in [4.78, 5) is 16.3. The summed E-state index contributed by atoms with van der Waals surface area (Å²) in [5, 5.41) is 0. The third-order valence-electron chi connectivity index (χ3n) is 5.60. The molecular formula is C24H25BrFN3O4. The zero-order valence-electron chi connectivity index (χ0n) is 17.9. The van der Waals surface area contributed by atoms with Gasteiger partial charge < -0.3 is 19.9 Å². The summed E-state index contributed by atoms with van der Waals surface area (Å²) in [6.45, 7) is -0.291. The molecule has 1 saturated heterocycles. The highest BCUT2D eigenvalue weighted by molar-refractivity contribution is 9.10. The topological polar surface area (TPSA) is 88.6 Å². The van der Waals surface area contributed by atoms with Crippen LogP contribution < -0.4 is 11.4 Å². The fraction of sp³-hybridized carbons (Fsp3) is 0.333. The van der Waals surface area contributed by atoms with E-state index in [1.54, 1.807) is 0 Å². The summed E-state index contributed by atoms with van der Waals surface area (Å²) in [5.41, 5.74) is 5.67. The molecular weight excluding hydrogens is 493 g/mol. The second-order valence-electron chi connectivity index (χ2n) is 7.93. The number of rotatable bonds is 9. The fourth-order valence-electron chi connectivity index (χ4n) is 3.82. The number of hydrogen-bond acceptors (Lipinski definition) is 6. The van der Waals surface area contributed by atoms with Crippen molar-refractivity contribution in [2.24, 2.45) is 0 Å². The van der Waals surface area contributed by atoms with Crippen molar-refractivity contribution >= 4 is 21.7 Å². The first kappa shape index (κ1) is 23.6. The Morgan fingerprint density at radius 3 is 2.39 bits per heavy atom. The molecule has 0 aliphatic carbocycles. The number of aromatic nitrogens is 2. The van der Waals surface area contributed by atoms with E-state index < -0.39 is 30.3 Å². The van der Waals surface area contributed by atoms with Crippen molar-refractivity contribution in [2.75, 3.05) is 19.0 Å². The summed E-state index contributed by atoms with van der Waals surface area (Å²) < 4.78 is 34.4. The molecule has 4 rings (SSSR count). The van der Waals surface area contributed by atoms with Gasteiger partial charge in [-0.05, 0) is 27.1 Å². The Bertz CT molecular complexity index is 1120. The zero-order valence-corrected chi connectivity index (χ0v) is 19.5. The molecule has 2 N–H and O–H groups in total. The van der Waals surface area contributed by atoms with Crippen LogP contribution in [0.15, 0.2) is 76.1 Å². The van der Waals surface area contributed by atoms with Gasteiger partial charge in [-0.2, -0.15) is 4.98 Å². The Morgan fingerprint density at radius 1 is 1.12 bits per heavy atom. The van der Waals surface area contributed by atoms with Crippen molar-refractivity contribution in [3.8, 4) is 0 Å². The Morgan fingerprint density at radius 2 is 1.76 bits per heavy atom. The molecule has 3 atom stereocenters. The molecule has 174 valence electrons. The van der Waals surface area contributed by atoms with E-state index in [4.69, 9.17) is 19.9 Å². The van der Waals surface area contributed by atoms with Crippen LogP contribution in [0.3, 0.4) is 0 Å². The molecule has 7 nitrogen and oxygen atoms in total. The lowest BCUT2D eigenvalue weighted by molar-refractivity contribution is -0.165. The molecule has 0 saturated carbocycles. The van der Waals surface area contributed by atoms with E-state index >= 15 is 0 Å². The Hall–Kier alpha value is -2.59. The summed E-state index contributed by atoms with van der Waals surface area (Å²) in [7, 11) is 0. The molecule has 0 radical (unpaired) electrons. The van der Waals surface area contributed by atoms with Crippen LogP contribution in [0.5, 0.6) is 0 Å². The van der Waals surface area contributed by atoms with E-state index in [1.807, 2.05) is 60.7 Å². The first-order valence-electron chi connectivity index (χ1n) is 10.6. The van der Waals surface area contributed by atoms with E-state index in [0.717, 1.165) is 11.1 Å². The van der Waals surface area contributed by atoms with E-state index in [1.165, 1.54) is 10.8 Å². The van der Waals surface area contributed by atoms with Gasteiger partial charge in [-0.15, -0.1) is 0 Å². The van der Waals surface area contributed by atoms with Crippen molar-refractivity contribution in [3.05, 3.63) is 92.9 Å². The molecule has 2 heterocycles. The minimum Gasteiger partial charge on any atom is -0.383 e. The summed E-state index contributed by atoms with van der Waals surface area (Å²) in [6.07, 6.45) is 0.331. The molecule has 0 bridgehead atoms. The number of anilines is 1. The number of halogens is 2. The fourth-order valence-corrected chi connectivity index (χ4v) is 4.13. The SMILES string of the molecule is Nc1nc(=O)n([C@H]2C[C@H](OCc3ccccc3)[C@@](CF)(COCc3ccccc3)O2)cc1Br. The zero-order chi connectivity index (χ0) is 23.3. The number of nitrogen functional groups attached to an aromatic ring is 1. The van der Waals surface area contributed by atoms with Crippen LogP contribution in [0.1, 0.15) is 23.8 Å². The molecule has 1 aromatic heterocycles. The van der Waals surface area contributed by atoms with Gasteiger partial charge in [0.05, 0.1) is 30.4 Å². The molecule has 9 heteroatoms. The third kappa shape index (κ3) is 5.50. The summed E-state index contributed by atoms with van der Waals surface area (Å²) in [6, 6.07) is 19.2. The second-order valence-corrected chi connectivity index (χ2v) is 8.79. The normalized spacial score (nSPS) is 22.5. The standard InChI is InChI=1S/C24H25BrFN3O4/c25-19-12-29(23(30)28-22(19)27)21-11-20(32-14-18-9-5-2-6-10-18)24(15-26,33-21)16-31-13-17-7-3-1-4-8-17/h1-10,12,20-21H,11,13-16H2,(H2,27,28,30)/t20-,21+,24+/m0/s1. The average Bonchev–Trinajstić information content (AvgIpc) is 3.20. The van der Waals surface area contributed by atoms with Gasteiger partial charge in [0.25, 0.3) is 0 Å². The summed E-state index contributed by atoms with van der Waals surface area (Å²) in [5.74, 6) is 0.0778. The average molecular weight is 518 g/mol. The van der Waals surface area contributed by atoms with E-state index in [9.17, 15) is 9.18 Å².